The molecule has 0 saturated carbocycles. The fourth-order valence-electron chi connectivity index (χ4n) is 0.754. The minimum atomic E-state index is -0.0118. The van der Waals surface area contributed by atoms with E-state index >= 15 is 0 Å². The highest BCUT2D eigenvalue weighted by Crippen LogP contribution is 2.00. The van der Waals surface area contributed by atoms with Crippen molar-refractivity contribution >= 4 is 14.4 Å². The molecule has 78 valence electrons. The van der Waals surface area contributed by atoms with E-state index in [4.69, 9.17) is 4.74 Å². The molecule has 0 aliphatic rings. The monoisotopic (exact) mass is 212 g/mol. The Labute approximate surface area is 87.9 Å². The Bertz CT molecular complexity index is 225. The van der Waals surface area contributed by atoms with Gasteiger partial charge in [-0.3, -0.25) is 4.79 Å². The summed E-state index contributed by atoms with van der Waals surface area (Å²) >= 11 is 0. The Morgan fingerprint density at radius 1 is 1.64 bits per heavy atom. The van der Waals surface area contributed by atoms with E-state index in [2.05, 4.69) is 25.1 Å². The van der Waals surface area contributed by atoms with Gasteiger partial charge in [0.25, 0.3) is 0 Å². The summed E-state index contributed by atoms with van der Waals surface area (Å²) in [5.74, 6) is 5.37. The van der Waals surface area contributed by atoms with Gasteiger partial charge < -0.3 is 4.74 Å². The predicted octanol–water partition coefficient (Wildman–Crippen LogP) is 2.20. The molecule has 1 atom stereocenters. The summed E-state index contributed by atoms with van der Waals surface area (Å²) in [6.07, 6.45) is 4.36. The van der Waals surface area contributed by atoms with Crippen molar-refractivity contribution in [2.45, 2.75) is 19.3 Å². The van der Waals surface area contributed by atoms with E-state index < -0.39 is 0 Å². The van der Waals surface area contributed by atoms with Crippen molar-refractivity contribution < 1.29 is 9.53 Å². The first-order valence-electron chi connectivity index (χ1n) is 4.66. The summed E-state index contributed by atoms with van der Waals surface area (Å²) in [7, 11) is 0.817. The fourth-order valence-corrected chi connectivity index (χ4v) is 1.10. The SMILES string of the molecule is C=CCCC(=O)C#CCCOCPC. The number of hydrogen-bond donors (Lipinski definition) is 0. The van der Waals surface area contributed by atoms with Crippen LogP contribution >= 0.6 is 8.58 Å². The van der Waals surface area contributed by atoms with E-state index in [1.54, 1.807) is 6.08 Å². The summed E-state index contributed by atoms with van der Waals surface area (Å²) in [5, 5.41) is 0. The highest BCUT2D eigenvalue weighted by atomic mass is 31.1. The second kappa shape index (κ2) is 10.4. The maximum atomic E-state index is 11.0. The minimum Gasteiger partial charge on any atom is -0.376 e. The van der Waals surface area contributed by atoms with Crippen LogP contribution in [0.3, 0.4) is 0 Å². The predicted molar refractivity (Wildman–Crippen MR) is 61.9 cm³/mol. The average Bonchev–Trinajstić information content (AvgIpc) is 2.20. The summed E-state index contributed by atoms with van der Waals surface area (Å²) < 4.78 is 5.23. The molecule has 0 aliphatic heterocycles. The Kier molecular flexibility index (Phi) is 9.96. The van der Waals surface area contributed by atoms with Gasteiger partial charge in [-0.1, -0.05) is 20.6 Å². The normalized spacial score (nSPS) is 9.79. The lowest BCUT2D eigenvalue weighted by Crippen LogP contribution is -1.93. The molecule has 0 amide bonds. The highest BCUT2D eigenvalue weighted by molar-refractivity contribution is 7.36. The average molecular weight is 212 g/mol. The smallest absolute Gasteiger partial charge is 0.205 e. The maximum Gasteiger partial charge on any atom is 0.205 e. The standard InChI is InChI=1S/C11H17O2P/c1-3-4-7-11(12)8-5-6-9-13-10-14-2/h3,14H,1,4,6-7,9-10H2,2H3. The van der Waals surface area contributed by atoms with E-state index in [1.165, 1.54) is 0 Å². The second-order valence-corrected chi connectivity index (χ2v) is 3.70. The first-order valence-corrected chi connectivity index (χ1v) is 6.37. The third-order valence-electron chi connectivity index (χ3n) is 1.42. The second-order valence-electron chi connectivity index (χ2n) is 2.71. The molecule has 2 nitrogen and oxygen atoms in total. The van der Waals surface area contributed by atoms with Crippen LogP contribution in [0.2, 0.25) is 0 Å². The Balaban J connectivity index is 3.40. The largest absolute Gasteiger partial charge is 0.376 e. The molecule has 1 unspecified atom stereocenters. The zero-order chi connectivity index (χ0) is 10.6. The molecule has 0 rings (SSSR count). The number of ketones is 1. The van der Waals surface area contributed by atoms with Crippen LogP contribution in [0.4, 0.5) is 0 Å². The Morgan fingerprint density at radius 3 is 3.07 bits per heavy atom. The molecule has 0 aromatic heterocycles. The summed E-state index contributed by atoms with van der Waals surface area (Å²) in [6, 6.07) is 0. The summed E-state index contributed by atoms with van der Waals surface area (Å²) in [4.78, 5) is 11.0. The van der Waals surface area contributed by atoms with Crippen LogP contribution in [0, 0.1) is 11.8 Å². The first-order chi connectivity index (χ1) is 6.81. The zero-order valence-corrected chi connectivity index (χ0v) is 9.64. The van der Waals surface area contributed by atoms with Gasteiger partial charge in [-0.05, 0) is 19.0 Å². The molecule has 0 aliphatic carbocycles. The molecule has 14 heavy (non-hydrogen) atoms. The maximum absolute atomic E-state index is 11.0. The van der Waals surface area contributed by atoms with Crippen LogP contribution in [-0.4, -0.2) is 25.4 Å². The molecule has 0 N–H and O–H groups in total. The van der Waals surface area contributed by atoms with Gasteiger partial charge in [0.2, 0.25) is 5.78 Å². The van der Waals surface area contributed by atoms with Gasteiger partial charge in [-0.15, -0.1) is 6.58 Å². The molecule has 0 aromatic carbocycles. The van der Waals surface area contributed by atoms with E-state index in [-0.39, 0.29) is 5.78 Å². The van der Waals surface area contributed by atoms with Crippen LogP contribution in [-0.2, 0) is 9.53 Å². The van der Waals surface area contributed by atoms with Crippen LogP contribution in [0.1, 0.15) is 19.3 Å². The van der Waals surface area contributed by atoms with Gasteiger partial charge in [0.1, 0.15) is 0 Å². The van der Waals surface area contributed by atoms with E-state index in [0.29, 0.717) is 25.9 Å². The number of Topliss-reactive ketones (excluding diaryl/α,β-unsaturated/α-hetero) is 1. The number of allylic oxidation sites excluding steroid dienone is 1. The summed E-state index contributed by atoms with van der Waals surface area (Å²) in [5.41, 5.74) is 0. The van der Waals surface area contributed by atoms with Gasteiger partial charge in [-0.2, -0.15) is 0 Å². The van der Waals surface area contributed by atoms with E-state index in [0.717, 1.165) is 14.9 Å². The topological polar surface area (TPSA) is 26.3 Å². The molecular formula is C11H17O2P. The van der Waals surface area contributed by atoms with Crippen molar-refractivity contribution in [1.29, 1.82) is 0 Å². The molecule has 0 radical (unpaired) electrons. The van der Waals surface area contributed by atoms with Crippen LogP contribution in [0.15, 0.2) is 12.7 Å². The first kappa shape index (κ1) is 13.4. The fraction of sp³-hybridized carbons (Fsp3) is 0.545. The number of carbonyl (C=O) groups is 1. The van der Waals surface area contributed by atoms with Crippen LogP contribution in [0.25, 0.3) is 0 Å². The van der Waals surface area contributed by atoms with Crippen molar-refractivity contribution in [3.05, 3.63) is 12.7 Å². The molecule has 0 spiro atoms. The van der Waals surface area contributed by atoms with E-state index in [1.807, 2.05) is 0 Å². The summed E-state index contributed by atoms with van der Waals surface area (Å²) in [6.45, 7) is 6.26. The van der Waals surface area contributed by atoms with Crippen molar-refractivity contribution in [1.82, 2.24) is 0 Å². The van der Waals surface area contributed by atoms with Crippen LogP contribution in [0.5, 0.6) is 0 Å². The number of rotatable bonds is 7. The molecule has 0 bridgehead atoms. The van der Waals surface area contributed by atoms with Crippen molar-refractivity contribution in [3.63, 3.8) is 0 Å². The Morgan fingerprint density at radius 2 is 2.43 bits per heavy atom. The molecule has 3 heteroatoms. The third kappa shape index (κ3) is 9.45. The van der Waals surface area contributed by atoms with Crippen molar-refractivity contribution in [3.8, 4) is 11.8 Å². The molecule has 0 fully saturated rings. The number of hydrogen-bond acceptors (Lipinski definition) is 2. The zero-order valence-electron chi connectivity index (χ0n) is 8.64. The van der Waals surface area contributed by atoms with Gasteiger partial charge >= 0.3 is 0 Å². The van der Waals surface area contributed by atoms with Crippen molar-refractivity contribution in [2.24, 2.45) is 0 Å². The molecule has 0 aromatic rings. The number of ether oxygens (including phenoxy) is 1. The number of carbonyl (C=O) groups excluding carboxylic acids is 1. The minimum absolute atomic E-state index is 0.0118. The van der Waals surface area contributed by atoms with Gasteiger partial charge in [0.15, 0.2) is 0 Å². The highest BCUT2D eigenvalue weighted by Gasteiger charge is 1.92. The molecule has 0 saturated heterocycles. The lowest BCUT2D eigenvalue weighted by molar-refractivity contribution is -0.113. The van der Waals surface area contributed by atoms with Gasteiger partial charge in [0.05, 0.1) is 13.0 Å². The van der Waals surface area contributed by atoms with Crippen LogP contribution < -0.4 is 0 Å². The third-order valence-corrected chi connectivity index (χ3v) is 1.91. The quantitative estimate of drug-likeness (QED) is 0.212. The van der Waals surface area contributed by atoms with Gasteiger partial charge in [-0.25, -0.2) is 0 Å². The van der Waals surface area contributed by atoms with Crippen molar-refractivity contribution in [2.75, 3.05) is 19.6 Å². The lowest BCUT2D eigenvalue weighted by atomic mass is 10.2. The molecular weight excluding hydrogens is 195 g/mol. The van der Waals surface area contributed by atoms with Gasteiger partial charge in [0, 0.05) is 12.8 Å². The molecule has 0 heterocycles. The Hall–Kier alpha value is -0.640. The van der Waals surface area contributed by atoms with E-state index in [9.17, 15) is 4.79 Å². The lowest BCUT2D eigenvalue weighted by Gasteiger charge is -1.96.